The van der Waals surface area contributed by atoms with Gasteiger partial charge in [-0.2, -0.15) is 0 Å². The van der Waals surface area contributed by atoms with Crippen molar-refractivity contribution in [1.82, 2.24) is 0 Å². The first-order chi connectivity index (χ1) is 5.61. The Bertz CT molecular complexity index is 196. The second kappa shape index (κ2) is 3.61. The molecule has 3 nitrogen and oxygen atoms in total. The molecule has 0 amide bonds. The molecule has 1 aliphatic rings. The molecule has 0 aromatic heterocycles. The maximum atomic E-state index is 10.9. The van der Waals surface area contributed by atoms with E-state index in [0.29, 0.717) is 18.8 Å². The van der Waals surface area contributed by atoms with Gasteiger partial charge in [-0.15, -0.1) is 0 Å². The molecule has 0 aromatic rings. The number of hydrogen-bond acceptors (Lipinski definition) is 3. The summed E-state index contributed by atoms with van der Waals surface area (Å²) in [5, 5.41) is 0. The first kappa shape index (κ1) is 9.10. The van der Waals surface area contributed by atoms with Crippen molar-refractivity contribution in [3.63, 3.8) is 0 Å². The highest BCUT2D eigenvalue weighted by molar-refractivity contribution is 5.76. The van der Waals surface area contributed by atoms with E-state index >= 15 is 0 Å². The number of allylic oxidation sites excluding steroid dienone is 1. The van der Waals surface area contributed by atoms with Crippen LogP contribution in [0.25, 0.3) is 0 Å². The monoisotopic (exact) mass is 170 g/mol. The van der Waals surface area contributed by atoms with Gasteiger partial charge in [0.25, 0.3) is 0 Å². The molecule has 0 aromatic carbocycles. The van der Waals surface area contributed by atoms with Crippen LogP contribution in [0.4, 0.5) is 0 Å². The van der Waals surface area contributed by atoms with Crippen molar-refractivity contribution in [2.75, 3.05) is 6.61 Å². The third-order valence-electron chi connectivity index (χ3n) is 1.82. The van der Waals surface area contributed by atoms with Gasteiger partial charge >= 0.3 is 5.97 Å². The second-order valence-electron chi connectivity index (χ2n) is 3.18. The highest BCUT2D eigenvalue weighted by Crippen LogP contribution is 2.17. The van der Waals surface area contributed by atoms with Crippen LogP contribution in [0.5, 0.6) is 0 Å². The van der Waals surface area contributed by atoms with Crippen LogP contribution in [-0.4, -0.2) is 18.7 Å². The first-order valence-electron chi connectivity index (χ1n) is 4.13. The molecular formula is C9H14O3. The van der Waals surface area contributed by atoms with Gasteiger partial charge in [-0.05, 0) is 0 Å². The smallest absolute Gasteiger partial charge is 0.347 e. The van der Waals surface area contributed by atoms with Crippen molar-refractivity contribution in [2.45, 2.75) is 26.4 Å². The van der Waals surface area contributed by atoms with E-state index in [9.17, 15) is 4.79 Å². The van der Waals surface area contributed by atoms with E-state index in [4.69, 9.17) is 9.47 Å². The van der Waals surface area contributed by atoms with E-state index < -0.39 is 6.10 Å². The average molecular weight is 170 g/mol. The van der Waals surface area contributed by atoms with Crippen LogP contribution >= 0.6 is 0 Å². The van der Waals surface area contributed by atoms with Gasteiger partial charge in [-0.25, -0.2) is 4.79 Å². The fourth-order valence-corrected chi connectivity index (χ4v) is 0.903. The molecular weight excluding hydrogens is 156 g/mol. The van der Waals surface area contributed by atoms with Crippen LogP contribution in [0.3, 0.4) is 0 Å². The van der Waals surface area contributed by atoms with E-state index in [0.717, 1.165) is 0 Å². The van der Waals surface area contributed by atoms with Crippen molar-refractivity contribution in [2.24, 2.45) is 5.92 Å². The molecule has 1 rings (SSSR count). The lowest BCUT2D eigenvalue weighted by Gasteiger charge is -2.14. The van der Waals surface area contributed by atoms with E-state index in [-0.39, 0.29) is 11.9 Å². The van der Waals surface area contributed by atoms with Crippen LogP contribution in [-0.2, 0) is 14.3 Å². The van der Waals surface area contributed by atoms with E-state index in [1.54, 1.807) is 0 Å². The zero-order valence-corrected chi connectivity index (χ0v) is 7.50. The lowest BCUT2D eigenvalue weighted by atomic mass is 10.2. The number of carbonyl (C=O) groups excluding carboxylic acids is 1. The predicted molar refractivity (Wildman–Crippen MR) is 44.4 cm³/mol. The molecule has 1 aliphatic heterocycles. The molecule has 1 unspecified atom stereocenters. The molecule has 0 saturated carbocycles. The number of cyclic esters (lactones) is 1. The Balaban J connectivity index is 2.40. The van der Waals surface area contributed by atoms with Crippen molar-refractivity contribution in [3.05, 3.63) is 12.3 Å². The van der Waals surface area contributed by atoms with Crippen LogP contribution in [0.2, 0.25) is 0 Å². The Hall–Kier alpha value is -0.990. The fraction of sp³-hybridized carbons (Fsp3) is 0.667. The summed E-state index contributed by atoms with van der Waals surface area (Å²) < 4.78 is 10.1. The van der Waals surface area contributed by atoms with Gasteiger partial charge < -0.3 is 9.47 Å². The average Bonchev–Trinajstić information content (AvgIpc) is 2.36. The maximum absolute atomic E-state index is 10.9. The minimum atomic E-state index is -0.417. The Labute approximate surface area is 72.4 Å². The second-order valence-corrected chi connectivity index (χ2v) is 3.18. The zero-order chi connectivity index (χ0) is 9.14. The Kier molecular flexibility index (Phi) is 2.74. The lowest BCUT2D eigenvalue weighted by molar-refractivity contribution is -0.145. The SMILES string of the molecule is C=C(OC1CCOC1=O)C(C)C. The van der Waals surface area contributed by atoms with Gasteiger partial charge in [-0.1, -0.05) is 20.4 Å². The number of esters is 1. The third kappa shape index (κ3) is 2.00. The van der Waals surface area contributed by atoms with Crippen LogP contribution in [0, 0.1) is 5.92 Å². The summed E-state index contributed by atoms with van der Waals surface area (Å²) in [4.78, 5) is 10.9. The summed E-state index contributed by atoms with van der Waals surface area (Å²) in [6.07, 6.45) is 0.227. The molecule has 0 bridgehead atoms. The number of rotatable bonds is 3. The summed E-state index contributed by atoms with van der Waals surface area (Å²) in [7, 11) is 0. The van der Waals surface area contributed by atoms with E-state index in [2.05, 4.69) is 6.58 Å². The molecule has 0 spiro atoms. The Morgan fingerprint density at radius 3 is 2.83 bits per heavy atom. The van der Waals surface area contributed by atoms with E-state index in [1.807, 2.05) is 13.8 Å². The van der Waals surface area contributed by atoms with Crippen LogP contribution in [0.15, 0.2) is 12.3 Å². The molecule has 0 radical (unpaired) electrons. The van der Waals surface area contributed by atoms with Gasteiger partial charge in [-0.3, -0.25) is 0 Å². The lowest BCUT2D eigenvalue weighted by Crippen LogP contribution is -2.19. The topological polar surface area (TPSA) is 35.5 Å². The molecule has 0 aliphatic carbocycles. The number of hydrogen-bond donors (Lipinski definition) is 0. The molecule has 1 atom stereocenters. The van der Waals surface area contributed by atoms with Crippen molar-refractivity contribution in [3.8, 4) is 0 Å². The largest absolute Gasteiger partial charge is 0.483 e. The summed E-state index contributed by atoms with van der Waals surface area (Å²) in [5.41, 5.74) is 0. The van der Waals surface area contributed by atoms with E-state index in [1.165, 1.54) is 0 Å². The minimum Gasteiger partial charge on any atom is -0.483 e. The molecule has 1 fully saturated rings. The van der Waals surface area contributed by atoms with Gasteiger partial charge in [0.1, 0.15) is 0 Å². The standard InChI is InChI=1S/C9H14O3/c1-6(2)7(3)12-8-4-5-11-9(8)10/h6,8H,3-5H2,1-2H3. The first-order valence-corrected chi connectivity index (χ1v) is 4.13. The van der Waals surface area contributed by atoms with Crippen molar-refractivity contribution < 1.29 is 14.3 Å². The molecule has 0 N–H and O–H groups in total. The summed E-state index contributed by atoms with van der Waals surface area (Å²) in [6, 6.07) is 0. The van der Waals surface area contributed by atoms with Crippen molar-refractivity contribution >= 4 is 5.97 Å². The molecule has 12 heavy (non-hydrogen) atoms. The molecule has 1 saturated heterocycles. The van der Waals surface area contributed by atoms with Gasteiger partial charge in [0.05, 0.1) is 12.4 Å². The predicted octanol–water partition coefficient (Wildman–Crippen LogP) is 1.49. The Morgan fingerprint density at radius 1 is 1.75 bits per heavy atom. The van der Waals surface area contributed by atoms with Crippen LogP contribution < -0.4 is 0 Å². The molecule has 3 heteroatoms. The highest BCUT2D eigenvalue weighted by Gasteiger charge is 2.28. The third-order valence-corrected chi connectivity index (χ3v) is 1.82. The number of ether oxygens (including phenoxy) is 2. The quantitative estimate of drug-likeness (QED) is 0.475. The van der Waals surface area contributed by atoms with Crippen LogP contribution in [0.1, 0.15) is 20.3 Å². The molecule has 1 heterocycles. The maximum Gasteiger partial charge on any atom is 0.347 e. The number of carbonyl (C=O) groups is 1. The fourth-order valence-electron chi connectivity index (χ4n) is 0.903. The summed E-state index contributed by atoms with van der Waals surface area (Å²) in [6.45, 7) is 8.14. The molecule has 68 valence electrons. The van der Waals surface area contributed by atoms with Gasteiger partial charge in [0.2, 0.25) is 0 Å². The van der Waals surface area contributed by atoms with Gasteiger partial charge in [0, 0.05) is 12.3 Å². The normalized spacial score (nSPS) is 22.6. The zero-order valence-electron chi connectivity index (χ0n) is 7.50. The van der Waals surface area contributed by atoms with Crippen molar-refractivity contribution in [1.29, 1.82) is 0 Å². The summed E-state index contributed by atoms with van der Waals surface area (Å²) in [5.74, 6) is 0.633. The highest BCUT2D eigenvalue weighted by atomic mass is 16.6. The van der Waals surface area contributed by atoms with Gasteiger partial charge in [0.15, 0.2) is 6.10 Å². The minimum absolute atomic E-state index is 0.249. The summed E-state index contributed by atoms with van der Waals surface area (Å²) >= 11 is 0. The Morgan fingerprint density at radius 2 is 2.42 bits per heavy atom.